The van der Waals surface area contributed by atoms with Crippen LogP contribution in [-0.2, 0) is 4.74 Å². The quantitative estimate of drug-likeness (QED) is 0.740. The van der Waals surface area contributed by atoms with Gasteiger partial charge in [0.2, 0.25) is 0 Å². The van der Waals surface area contributed by atoms with Crippen LogP contribution in [0.5, 0.6) is 0 Å². The average molecular weight is 263 g/mol. The Bertz CT molecular complexity index is 181. The third-order valence-corrected chi connectivity index (χ3v) is 2.59. The Morgan fingerprint density at radius 1 is 1.50 bits per heavy atom. The number of likely N-dealkylation sites (N-methyl/N-ethyl adjacent to an activating group) is 1. The van der Waals surface area contributed by atoms with E-state index in [2.05, 4.69) is 39.4 Å². The highest BCUT2D eigenvalue weighted by Gasteiger charge is 2.10. The van der Waals surface area contributed by atoms with Crippen molar-refractivity contribution in [2.75, 3.05) is 53.0 Å². The van der Waals surface area contributed by atoms with Crippen LogP contribution >= 0.6 is 15.9 Å². The number of ether oxygens (including phenoxy) is 1. The molecule has 1 aliphatic heterocycles. The molecule has 1 heterocycles. The van der Waals surface area contributed by atoms with Crippen LogP contribution in [-0.4, -0.2) is 62.8 Å². The fourth-order valence-corrected chi connectivity index (χ4v) is 1.94. The van der Waals surface area contributed by atoms with E-state index in [0.717, 1.165) is 50.4 Å². The van der Waals surface area contributed by atoms with Crippen LogP contribution in [0.3, 0.4) is 0 Å². The zero-order chi connectivity index (χ0) is 10.4. The monoisotopic (exact) mass is 262 g/mol. The lowest BCUT2D eigenvalue weighted by molar-refractivity contribution is 0.0349. The molecule has 4 heteroatoms. The summed E-state index contributed by atoms with van der Waals surface area (Å²) in [5.41, 5.74) is 0. The highest BCUT2D eigenvalue weighted by molar-refractivity contribution is 9.11. The van der Waals surface area contributed by atoms with Gasteiger partial charge >= 0.3 is 0 Å². The van der Waals surface area contributed by atoms with E-state index in [0.29, 0.717) is 0 Å². The Labute approximate surface area is 94.8 Å². The summed E-state index contributed by atoms with van der Waals surface area (Å²) in [6.07, 6.45) is 0. The Balaban J connectivity index is 2.09. The van der Waals surface area contributed by atoms with Crippen LogP contribution < -0.4 is 0 Å². The van der Waals surface area contributed by atoms with E-state index < -0.39 is 0 Å². The predicted molar refractivity (Wildman–Crippen MR) is 62.8 cm³/mol. The lowest BCUT2D eigenvalue weighted by atomic mass is 10.4. The average Bonchev–Trinajstić information content (AvgIpc) is 2.15. The van der Waals surface area contributed by atoms with Gasteiger partial charge < -0.3 is 9.64 Å². The molecule has 1 fully saturated rings. The maximum atomic E-state index is 5.29. The summed E-state index contributed by atoms with van der Waals surface area (Å²) in [6, 6.07) is 0. The minimum atomic E-state index is 0.884. The van der Waals surface area contributed by atoms with E-state index in [9.17, 15) is 0 Å². The first-order chi connectivity index (χ1) is 6.68. The van der Waals surface area contributed by atoms with Gasteiger partial charge in [0.05, 0.1) is 13.2 Å². The maximum Gasteiger partial charge on any atom is 0.0594 e. The molecule has 0 N–H and O–H groups in total. The normalized spacial score (nSPS) is 18.8. The maximum absolute atomic E-state index is 5.29. The lowest BCUT2D eigenvalue weighted by Gasteiger charge is -2.28. The highest BCUT2D eigenvalue weighted by atomic mass is 79.9. The van der Waals surface area contributed by atoms with Gasteiger partial charge in [0.1, 0.15) is 0 Å². The first-order valence-corrected chi connectivity index (χ1v) is 5.79. The second kappa shape index (κ2) is 6.56. The molecule has 0 spiro atoms. The number of halogens is 1. The number of hydrogen-bond donors (Lipinski definition) is 0. The van der Waals surface area contributed by atoms with E-state index in [4.69, 9.17) is 4.74 Å². The second-order valence-electron chi connectivity index (χ2n) is 3.71. The molecule has 0 aromatic heterocycles. The minimum absolute atomic E-state index is 0.884. The first-order valence-electron chi connectivity index (χ1n) is 5.00. The molecule has 0 radical (unpaired) electrons. The van der Waals surface area contributed by atoms with Crippen LogP contribution in [0.25, 0.3) is 0 Å². The van der Waals surface area contributed by atoms with Crippen LogP contribution in [0.1, 0.15) is 0 Å². The van der Waals surface area contributed by atoms with Gasteiger partial charge in [-0.25, -0.2) is 0 Å². The molecule has 0 aliphatic carbocycles. The van der Waals surface area contributed by atoms with E-state index in [1.165, 1.54) is 0 Å². The third kappa shape index (κ3) is 5.10. The fraction of sp³-hybridized carbons (Fsp3) is 0.800. The molecule has 0 amide bonds. The number of rotatable bonds is 5. The van der Waals surface area contributed by atoms with Gasteiger partial charge in [0.15, 0.2) is 0 Å². The molecule has 0 aromatic rings. The van der Waals surface area contributed by atoms with Crippen molar-refractivity contribution in [1.82, 2.24) is 9.80 Å². The number of hydrogen-bond acceptors (Lipinski definition) is 3. The molecule has 1 saturated heterocycles. The molecule has 1 aliphatic rings. The standard InChI is InChI=1S/C10H19BrN2O/c1-10(11)9-12(2)3-4-13-5-7-14-8-6-13/h1,3-9H2,2H3. The van der Waals surface area contributed by atoms with Crippen molar-refractivity contribution < 1.29 is 4.74 Å². The molecule has 0 atom stereocenters. The molecule has 82 valence electrons. The topological polar surface area (TPSA) is 15.7 Å². The summed E-state index contributed by atoms with van der Waals surface area (Å²) in [4.78, 5) is 4.71. The largest absolute Gasteiger partial charge is 0.379 e. The summed E-state index contributed by atoms with van der Waals surface area (Å²) in [5.74, 6) is 0. The van der Waals surface area contributed by atoms with Gasteiger partial charge in [-0.05, 0) is 7.05 Å². The Hall–Kier alpha value is 0.1000. The minimum Gasteiger partial charge on any atom is -0.379 e. The molecule has 14 heavy (non-hydrogen) atoms. The van der Waals surface area contributed by atoms with Gasteiger partial charge in [-0.2, -0.15) is 0 Å². The van der Waals surface area contributed by atoms with Crippen molar-refractivity contribution in [1.29, 1.82) is 0 Å². The van der Waals surface area contributed by atoms with Crippen molar-refractivity contribution >= 4 is 15.9 Å². The molecular weight excluding hydrogens is 244 g/mol. The van der Waals surface area contributed by atoms with Crippen molar-refractivity contribution in [2.45, 2.75) is 0 Å². The van der Waals surface area contributed by atoms with Crippen LogP contribution in [0.4, 0.5) is 0 Å². The fourth-order valence-electron chi connectivity index (χ4n) is 1.51. The van der Waals surface area contributed by atoms with Gasteiger partial charge in [0, 0.05) is 37.2 Å². The van der Waals surface area contributed by atoms with Crippen LogP contribution in [0.2, 0.25) is 0 Å². The van der Waals surface area contributed by atoms with Crippen molar-refractivity contribution in [3.05, 3.63) is 11.1 Å². The summed E-state index contributed by atoms with van der Waals surface area (Å²) < 4.78 is 6.34. The molecule has 0 saturated carbocycles. The number of nitrogens with zero attached hydrogens (tertiary/aromatic N) is 2. The van der Waals surface area contributed by atoms with Gasteiger partial charge in [-0.3, -0.25) is 4.90 Å². The summed E-state index contributed by atoms with van der Waals surface area (Å²) in [5, 5.41) is 0. The van der Waals surface area contributed by atoms with E-state index >= 15 is 0 Å². The van der Waals surface area contributed by atoms with Gasteiger partial charge in [-0.1, -0.05) is 22.5 Å². The predicted octanol–water partition coefficient (Wildman–Crippen LogP) is 1.16. The zero-order valence-corrected chi connectivity index (χ0v) is 10.4. The SMILES string of the molecule is C=C(Br)CN(C)CCN1CCOCC1. The highest BCUT2D eigenvalue weighted by Crippen LogP contribution is 2.03. The van der Waals surface area contributed by atoms with Crippen molar-refractivity contribution in [3.63, 3.8) is 0 Å². The Morgan fingerprint density at radius 3 is 2.71 bits per heavy atom. The van der Waals surface area contributed by atoms with Crippen LogP contribution in [0.15, 0.2) is 11.1 Å². The smallest absolute Gasteiger partial charge is 0.0594 e. The van der Waals surface area contributed by atoms with Gasteiger partial charge in [-0.15, -0.1) is 0 Å². The van der Waals surface area contributed by atoms with E-state index in [-0.39, 0.29) is 0 Å². The van der Waals surface area contributed by atoms with Crippen LogP contribution in [0, 0.1) is 0 Å². The molecule has 0 aromatic carbocycles. The summed E-state index contributed by atoms with van der Waals surface area (Å²) in [7, 11) is 2.12. The Kier molecular flexibility index (Phi) is 5.70. The lowest BCUT2D eigenvalue weighted by Crippen LogP contribution is -2.40. The Morgan fingerprint density at radius 2 is 2.14 bits per heavy atom. The molecule has 0 unspecified atom stereocenters. The summed E-state index contributed by atoms with van der Waals surface area (Å²) >= 11 is 3.37. The van der Waals surface area contributed by atoms with E-state index in [1.54, 1.807) is 0 Å². The second-order valence-corrected chi connectivity index (χ2v) is 4.83. The third-order valence-electron chi connectivity index (χ3n) is 2.34. The van der Waals surface area contributed by atoms with Crippen molar-refractivity contribution in [2.24, 2.45) is 0 Å². The van der Waals surface area contributed by atoms with Gasteiger partial charge in [0.25, 0.3) is 0 Å². The first kappa shape index (κ1) is 12.2. The molecule has 3 nitrogen and oxygen atoms in total. The van der Waals surface area contributed by atoms with E-state index in [1.807, 2.05) is 0 Å². The summed E-state index contributed by atoms with van der Waals surface area (Å²) in [6.45, 7) is 10.9. The molecule has 0 bridgehead atoms. The number of morpholine rings is 1. The molecular formula is C10H19BrN2O. The van der Waals surface area contributed by atoms with Crippen molar-refractivity contribution in [3.8, 4) is 0 Å². The zero-order valence-electron chi connectivity index (χ0n) is 8.84. The molecule has 1 rings (SSSR count).